The Bertz CT molecular complexity index is 1180. The molecule has 29 heavy (non-hydrogen) atoms. The highest BCUT2D eigenvalue weighted by Crippen LogP contribution is 2.20. The fraction of sp³-hybridized carbons (Fsp3) is 0.0952. The molecule has 0 saturated carbocycles. The molecule has 0 bridgehead atoms. The molecule has 0 saturated heterocycles. The van der Waals surface area contributed by atoms with Gasteiger partial charge in [0.2, 0.25) is 0 Å². The lowest BCUT2D eigenvalue weighted by atomic mass is 10.1. The van der Waals surface area contributed by atoms with Gasteiger partial charge in [0.25, 0.3) is 15.9 Å². The maximum Gasteiger partial charge on any atom is 0.261 e. The van der Waals surface area contributed by atoms with E-state index in [1.165, 1.54) is 61.5 Å². The van der Waals surface area contributed by atoms with Crippen molar-refractivity contribution in [2.45, 2.75) is 18.7 Å². The van der Waals surface area contributed by atoms with E-state index in [9.17, 15) is 22.0 Å². The van der Waals surface area contributed by atoms with E-state index < -0.39 is 27.6 Å². The summed E-state index contributed by atoms with van der Waals surface area (Å²) in [5, 5.41) is 2.68. The van der Waals surface area contributed by atoms with Crippen LogP contribution in [-0.4, -0.2) is 14.3 Å². The van der Waals surface area contributed by atoms with Crippen molar-refractivity contribution in [1.82, 2.24) is 0 Å². The number of rotatable bonds is 5. The first-order chi connectivity index (χ1) is 13.7. The second-order valence-corrected chi connectivity index (χ2v) is 8.19. The first kappa shape index (κ1) is 20.5. The van der Waals surface area contributed by atoms with Gasteiger partial charge < -0.3 is 5.32 Å². The molecule has 0 atom stereocenters. The van der Waals surface area contributed by atoms with Crippen molar-refractivity contribution >= 4 is 27.3 Å². The molecule has 0 heterocycles. The summed E-state index contributed by atoms with van der Waals surface area (Å²) in [5.41, 5.74) is 1.83. The Morgan fingerprint density at radius 3 is 2.17 bits per heavy atom. The molecule has 0 aliphatic carbocycles. The number of nitrogens with one attached hydrogen (secondary N) is 2. The minimum absolute atomic E-state index is 0.0648. The SMILES string of the molecule is Cc1cc(S(=O)(=O)Nc2ccc(C(=O)Nc3ccc(F)cc3C)cc2)ccc1F. The number of benzene rings is 3. The van der Waals surface area contributed by atoms with Gasteiger partial charge in [-0.2, -0.15) is 0 Å². The summed E-state index contributed by atoms with van der Waals surface area (Å²) in [6.45, 7) is 3.15. The highest BCUT2D eigenvalue weighted by Gasteiger charge is 2.16. The van der Waals surface area contributed by atoms with Gasteiger partial charge in [-0.25, -0.2) is 17.2 Å². The van der Waals surface area contributed by atoms with Crippen molar-refractivity contribution in [1.29, 1.82) is 0 Å². The van der Waals surface area contributed by atoms with Gasteiger partial charge in [0.05, 0.1) is 4.90 Å². The van der Waals surface area contributed by atoms with Crippen molar-refractivity contribution in [2.24, 2.45) is 0 Å². The summed E-state index contributed by atoms with van der Waals surface area (Å²) in [7, 11) is -3.90. The van der Waals surface area contributed by atoms with Gasteiger partial charge in [-0.3, -0.25) is 9.52 Å². The zero-order chi connectivity index (χ0) is 21.2. The van der Waals surface area contributed by atoms with Crippen LogP contribution in [0.2, 0.25) is 0 Å². The fourth-order valence-corrected chi connectivity index (χ4v) is 3.79. The highest BCUT2D eigenvalue weighted by molar-refractivity contribution is 7.92. The fourth-order valence-electron chi connectivity index (χ4n) is 2.65. The number of aryl methyl sites for hydroxylation is 2. The van der Waals surface area contributed by atoms with Crippen LogP contribution < -0.4 is 10.0 Å². The van der Waals surface area contributed by atoms with Crippen LogP contribution in [-0.2, 0) is 10.0 Å². The van der Waals surface area contributed by atoms with E-state index in [2.05, 4.69) is 10.0 Å². The molecule has 0 radical (unpaired) electrons. The Balaban J connectivity index is 1.74. The first-order valence-corrected chi connectivity index (χ1v) is 10.1. The van der Waals surface area contributed by atoms with Crippen LogP contribution in [0.15, 0.2) is 65.6 Å². The molecule has 3 aromatic carbocycles. The number of carbonyl (C=O) groups is 1. The molecule has 0 aliphatic heterocycles. The van der Waals surface area contributed by atoms with Crippen LogP contribution in [0, 0.1) is 25.5 Å². The van der Waals surface area contributed by atoms with Crippen LogP contribution in [0.25, 0.3) is 0 Å². The van der Waals surface area contributed by atoms with Crippen LogP contribution in [0.1, 0.15) is 21.5 Å². The third-order valence-corrected chi connectivity index (χ3v) is 5.65. The predicted molar refractivity (Wildman–Crippen MR) is 107 cm³/mol. The lowest BCUT2D eigenvalue weighted by Crippen LogP contribution is -2.15. The Labute approximate surface area is 167 Å². The van der Waals surface area contributed by atoms with Crippen molar-refractivity contribution < 1.29 is 22.0 Å². The average molecular weight is 416 g/mol. The monoisotopic (exact) mass is 416 g/mol. The Hall–Kier alpha value is -3.26. The number of carbonyl (C=O) groups excluding carboxylic acids is 1. The number of hydrogen-bond donors (Lipinski definition) is 2. The molecule has 0 unspecified atom stereocenters. The molecule has 0 aromatic heterocycles. The largest absolute Gasteiger partial charge is 0.322 e. The van der Waals surface area contributed by atoms with Crippen molar-refractivity contribution in [3.63, 3.8) is 0 Å². The quantitative estimate of drug-likeness (QED) is 0.637. The first-order valence-electron chi connectivity index (χ1n) is 8.62. The molecule has 3 rings (SSSR count). The summed E-state index contributed by atoms with van der Waals surface area (Å²) < 4.78 is 53.8. The lowest BCUT2D eigenvalue weighted by Gasteiger charge is -2.11. The van der Waals surface area contributed by atoms with Gasteiger partial charge >= 0.3 is 0 Å². The smallest absolute Gasteiger partial charge is 0.261 e. The Morgan fingerprint density at radius 2 is 1.55 bits per heavy atom. The van der Waals surface area contributed by atoms with Gasteiger partial charge in [0.1, 0.15) is 11.6 Å². The minimum Gasteiger partial charge on any atom is -0.322 e. The zero-order valence-electron chi connectivity index (χ0n) is 15.7. The summed E-state index contributed by atoms with van der Waals surface area (Å²) in [6, 6.07) is 13.3. The van der Waals surface area contributed by atoms with Gasteiger partial charge in [-0.15, -0.1) is 0 Å². The second kappa shape index (κ2) is 8.00. The van der Waals surface area contributed by atoms with E-state index >= 15 is 0 Å². The van der Waals surface area contributed by atoms with Crippen molar-refractivity contribution in [2.75, 3.05) is 10.0 Å². The maximum atomic E-state index is 13.4. The van der Waals surface area contributed by atoms with E-state index in [1.807, 2.05) is 0 Å². The minimum atomic E-state index is -3.90. The lowest BCUT2D eigenvalue weighted by molar-refractivity contribution is 0.102. The zero-order valence-corrected chi connectivity index (χ0v) is 16.5. The van der Waals surface area contributed by atoms with Crippen molar-refractivity contribution in [3.8, 4) is 0 Å². The average Bonchev–Trinajstić information content (AvgIpc) is 2.66. The van der Waals surface area contributed by atoms with Crippen molar-refractivity contribution in [3.05, 3.63) is 89.0 Å². The van der Waals surface area contributed by atoms with E-state index in [4.69, 9.17) is 0 Å². The maximum absolute atomic E-state index is 13.4. The normalized spacial score (nSPS) is 11.2. The van der Waals surface area contributed by atoms with E-state index in [1.54, 1.807) is 6.92 Å². The van der Waals surface area contributed by atoms with E-state index in [-0.39, 0.29) is 16.1 Å². The molecule has 3 aromatic rings. The number of halogens is 2. The Kier molecular flexibility index (Phi) is 5.65. The topological polar surface area (TPSA) is 75.3 Å². The summed E-state index contributed by atoms with van der Waals surface area (Å²) in [5.74, 6) is -1.30. The molecule has 1 amide bonds. The van der Waals surface area contributed by atoms with E-state index in [0.717, 1.165) is 6.07 Å². The van der Waals surface area contributed by atoms with Gasteiger partial charge in [-0.1, -0.05) is 0 Å². The number of amides is 1. The molecule has 8 heteroatoms. The standard InChI is InChI=1S/C21H18F2N2O3S/c1-13-12-18(8-9-19(13)23)29(27,28)25-17-6-3-15(4-7-17)21(26)24-20-10-5-16(22)11-14(20)2/h3-12,25H,1-2H3,(H,24,26). The highest BCUT2D eigenvalue weighted by atomic mass is 32.2. The third kappa shape index (κ3) is 4.78. The number of anilines is 2. The molecular weight excluding hydrogens is 398 g/mol. The van der Waals surface area contributed by atoms with Crippen LogP contribution in [0.3, 0.4) is 0 Å². The van der Waals surface area contributed by atoms with Crippen LogP contribution in [0.4, 0.5) is 20.2 Å². The number of sulfonamides is 1. The summed E-state index contributed by atoms with van der Waals surface area (Å²) >= 11 is 0. The second-order valence-electron chi connectivity index (χ2n) is 6.51. The van der Waals surface area contributed by atoms with Gasteiger partial charge in [0, 0.05) is 16.9 Å². The molecule has 5 nitrogen and oxygen atoms in total. The third-order valence-electron chi connectivity index (χ3n) is 4.28. The van der Waals surface area contributed by atoms with Crippen LogP contribution in [0.5, 0.6) is 0 Å². The number of hydrogen-bond acceptors (Lipinski definition) is 3. The molecule has 0 spiro atoms. The van der Waals surface area contributed by atoms with Crippen LogP contribution >= 0.6 is 0 Å². The Morgan fingerprint density at radius 1 is 0.862 bits per heavy atom. The van der Waals surface area contributed by atoms with E-state index in [0.29, 0.717) is 16.8 Å². The molecular formula is C21H18F2N2O3S. The molecule has 2 N–H and O–H groups in total. The summed E-state index contributed by atoms with van der Waals surface area (Å²) in [4.78, 5) is 12.3. The molecule has 0 aliphatic rings. The summed E-state index contributed by atoms with van der Waals surface area (Å²) in [6.07, 6.45) is 0. The molecule has 150 valence electrons. The van der Waals surface area contributed by atoms with Gasteiger partial charge in [0.15, 0.2) is 0 Å². The molecule has 0 fully saturated rings. The van der Waals surface area contributed by atoms with Gasteiger partial charge in [-0.05, 0) is 85.6 Å². The predicted octanol–water partition coefficient (Wildman–Crippen LogP) is 4.63.